The normalized spacial score (nSPS) is 16.2. The Morgan fingerprint density at radius 3 is 2.73 bits per heavy atom. The van der Waals surface area contributed by atoms with Crippen molar-refractivity contribution in [1.29, 1.82) is 0 Å². The molecule has 82 valence electrons. The molecule has 1 aliphatic carbocycles. The molecule has 0 atom stereocenters. The van der Waals surface area contributed by atoms with Gasteiger partial charge in [-0.2, -0.15) is 0 Å². The van der Waals surface area contributed by atoms with E-state index < -0.39 is 0 Å². The van der Waals surface area contributed by atoms with Crippen LogP contribution in [-0.4, -0.2) is 13.1 Å². The number of benzene rings is 1. The molecule has 0 amide bonds. The lowest BCUT2D eigenvalue weighted by Gasteiger charge is -2.37. The van der Waals surface area contributed by atoms with Gasteiger partial charge in [0.25, 0.3) is 0 Å². The first-order valence-electron chi connectivity index (χ1n) is 5.43. The van der Waals surface area contributed by atoms with Gasteiger partial charge < -0.3 is 10.6 Å². The average Bonchev–Trinajstić information content (AvgIpc) is 2.14. The molecular weight excluding hydrogens is 252 g/mol. The maximum Gasteiger partial charge on any atom is 0.0412 e. The van der Waals surface area contributed by atoms with Crippen molar-refractivity contribution in [2.75, 3.05) is 11.9 Å². The summed E-state index contributed by atoms with van der Waals surface area (Å²) in [4.78, 5) is 2.37. The van der Waals surface area contributed by atoms with E-state index in [-0.39, 0.29) is 0 Å². The predicted molar refractivity (Wildman–Crippen MR) is 68.1 cm³/mol. The molecule has 0 aromatic heterocycles. The molecule has 1 saturated carbocycles. The van der Waals surface area contributed by atoms with Gasteiger partial charge in [0.05, 0.1) is 0 Å². The van der Waals surface area contributed by atoms with Crippen LogP contribution in [0.1, 0.15) is 24.8 Å². The smallest absolute Gasteiger partial charge is 0.0412 e. The second kappa shape index (κ2) is 4.54. The van der Waals surface area contributed by atoms with Crippen LogP contribution in [0, 0.1) is 0 Å². The van der Waals surface area contributed by atoms with Crippen LogP contribution in [-0.2, 0) is 6.54 Å². The first kappa shape index (κ1) is 11.0. The minimum absolute atomic E-state index is 0.603. The van der Waals surface area contributed by atoms with Crippen LogP contribution in [0.2, 0.25) is 0 Å². The topological polar surface area (TPSA) is 29.3 Å². The van der Waals surface area contributed by atoms with Crippen LogP contribution in [0.3, 0.4) is 0 Å². The summed E-state index contributed by atoms with van der Waals surface area (Å²) in [7, 11) is 2.17. The summed E-state index contributed by atoms with van der Waals surface area (Å²) in [5, 5.41) is 0. The Balaban J connectivity index is 2.25. The van der Waals surface area contributed by atoms with Gasteiger partial charge in [-0.3, -0.25) is 0 Å². The van der Waals surface area contributed by atoms with E-state index in [2.05, 4.69) is 46.1 Å². The molecule has 2 rings (SSSR count). The fourth-order valence-electron chi connectivity index (χ4n) is 2.03. The predicted octanol–water partition coefficient (Wildman–Crippen LogP) is 2.90. The maximum absolute atomic E-state index is 5.77. The number of halogens is 1. The molecule has 1 fully saturated rings. The van der Waals surface area contributed by atoms with Crippen molar-refractivity contribution in [2.45, 2.75) is 31.8 Å². The Morgan fingerprint density at radius 2 is 2.20 bits per heavy atom. The Labute approximate surface area is 99.6 Å². The van der Waals surface area contributed by atoms with E-state index >= 15 is 0 Å². The van der Waals surface area contributed by atoms with Gasteiger partial charge in [0.1, 0.15) is 0 Å². The molecule has 0 saturated heterocycles. The van der Waals surface area contributed by atoms with E-state index in [1.807, 2.05) is 0 Å². The number of anilines is 1. The van der Waals surface area contributed by atoms with Crippen molar-refractivity contribution in [2.24, 2.45) is 5.73 Å². The average molecular weight is 269 g/mol. The van der Waals surface area contributed by atoms with Gasteiger partial charge in [-0.1, -0.05) is 15.9 Å². The third-order valence-electron chi connectivity index (χ3n) is 3.26. The number of nitrogens with zero attached hydrogens (tertiary/aromatic N) is 1. The fraction of sp³-hybridized carbons (Fsp3) is 0.500. The monoisotopic (exact) mass is 268 g/mol. The van der Waals surface area contributed by atoms with Crippen molar-refractivity contribution >= 4 is 21.6 Å². The highest BCUT2D eigenvalue weighted by molar-refractivity contribution is 9.10. The molecule has 0 aliphatic heterocycles. The van der Waals surface area contributed by atoms with E-state index in [1.54, 1.807) is 0 Å². The first-order valence-corrected chi connectivity index (χ1v) is 6.23. The van der Waals surface area contributed by atoms with E-state index in [0.717, 1.165) is 10.5 Å². The number of rotatable bonds is 3. The molecule has 15 heavy (non-hydrogen) atoms. The third kappa shape index (κ3) is 2.18. The van der Waals surface area contributed by atoms with Crippen molar-refractivity contribution < 1.29 is 0 Å². The van der Waals surface area contributed by atoms with Gasteiger partial charge in [0.2, 0.25) is 0 Å². The van der Waals surface area contributed by atoms with Gasteiger partial charge in [-0.15, -0.1) is 0 Å². The minimum Gasteiger partial charge on any atom is -0.371 e. The molecule has 2 N–H and O–H groups in total. The lowest BCUT2D eigenvalue weighted by Crippen LogP contribution is -2.37. The molecule has 0 heterocycles. The SMILES string of the molecule is CN(c1ccc(Br)cc1CN)C1CCC1. The molecule has 1 aliphatic rings. The van der Waals surface area contributed by atoms with Gasteiger partial charge in [0.15, 0.2) is 0 Å². The Kier molecular flexibility index (Phi) is 3.32. The van der Waals surface area contributed by atoms with E-state index in [0.29, 0.717) is 6.54 Å². The highest BCUT2D eigenvalue weighted by Gasteiger charge is 2.23. The summed E-state index contributed by atoms with van der Waals surface area (Å²) in [5.41, 5.74) is 8.27. The highest BCUT2D eigenvalue weighted by atomic mass is 79.9. The third-order valence-corrected chi connectivity index (χ3v) is 3.76. The number of hydrogen-bond donors (Lipinski definition) is 1. The molecule has 0 unspecified atom stereocenters. The van der Waals surface area contributed by atoms with Crippen molar-refractivity contribution in [3.8, 4) is 0 Å². The summed E-state index contributed by atoms with van der Waals surface area (Å²) in [6.45, 7) is 0.603. The zero-order valence-corrected chi connectivity index (χ0v) is 10.6. The molecule has 0 spiro atoms. The fourth-order valence-corrected chi connectivity index (χ4v) is 2.44. The molecule has 2 nitrogen and oxygen atoms in total. The van der Waals surface area contributed by atoms with Gasteiger partial charge >= 0.3 is 0 Å². The summed E-state index contributed by atoms with van der Waals surface area (Å²) in [5.74, 6) is 0. The van der Waals surface area contributed by atoms with E-state index in [1.165, 1.54) is 30.5 Å². The molecule has 1 aromatic carbocycles. The molecular formula is C12H17BrN2. The first-order chi connectivity index (χ1) is 7.22. The summed E-state index contributed by atoms with van der Waals surface area (Å²) >= 11 is 3.48. The van der Waals surface area contributed by atoms with Crippen LogP contribution in [0.4, 0.5) is 5.69 Å². The highest BCUT2D eigenvalue weighted by Crippen LogP contribution is 2.31. The lowest BCUT2D eigenvalue weighted by atomic mass is 9.91. The summed E-state index contributed by atoms with van der Waals surface area (Å²) in [6.07, 6.45) is 4.00. The molecule has 0 bridgehead atoms. The summed E-state index contributed by atoms with van der Waals surface area (Å²) < 4.78 is 1.11. The van der Waals surface area contributed by atoms with Gasteiger partial charge in [0, 0.05) is 29.8 Å². The van der Waals surface area contributed by atoms with Crippen molar-refractivity contribution in [3.05, 3.63) is 28.2 Å². The Hall–Kier alpha value is -0.540. The molecule has 3 heteroatoms. The van der Waals surface area contributed by atoms with Gasteiger partial charge in [-0.05, 0) is 43.0 Å². The summed E-state index contributed by atoms with van der Waals surface area (Å²) in [6, 6.07) is 7.08. The number of hydrogen-bond acceptors (Lipinski definition) is 2. The van der Waals surface area contributed by atoms with Crippen LogP contribution < -0.4 is 10.6 Å². The van der Waals surface area contributed by atoms with E-state index in [9.17, 15) is 0 Å². The Bertz CT molecular complexity index is 347. The second-order valence-corrected chi connectivity index (χ2v) is 5.09. The zero-order valence-electron chi connectivity index (χ0n) is 9.04. The van der Waals surface area contributed by atoms with Crippen LogP contribution in [0.5, 0.6) is 0 Å². The van der Waals surface area contributed by atoms with Crippen molar-refractivity contribution in [3.63, 3.8) is 0 Å². The standard InChI is InChI=1S/C12H17BrN2/c1-15(11-3-2-4-11)12-6-5-10(13)7-9(12)8-14/h5-7,11H,2-4,8,14H2,1H3. The van der Waals surface area contributed by atoms with Crippen molar-refractivity contribution in [1.82, 2.24) is 0 Å². The quantitative estimate of drug-likeness (QED) is 0.914. The van der Waals surface area contributed by atoms with Crippen LogP contribution >= 0.6 is 15.9 Å². The zero-order chi connectivity index (χ0) is 10.8. The van der Waals surface area contributed by atoms with Crippen LogP contribution in [0.15, 0.2) is 22.7 Å². The molecule has 0 radical (unpaired) electrons. The largest absolute Gasteiger partial charge is 0.371 e. The maximum atomic E-state index is 5.77. The molecule has 1 aromatic rings. The lowest BCUT2D eigenvalue weighted by molar-refractivity contribution is 0.400. The second-order valence-electron chi connectivity index (χ2n) is 4.17. The number of nitrogens with two attached hydrogens (primary N) is 1. The van der Waals surface area contributed by atoms with Crippen LogP contribution in [0.25, 0.3) is 0 Å². The van der Waals surface area contributed by atoms with E-state index in [4.69, 9.17) is 5.73 Å². The minimum atomic E-state index is 0.603. The van der Waals surface area contributed by atoms with Gasteiger partial charge in [-0.25, -0.2) is 0 Å². The Morgan fingerprint density at radius 1 is 1.47 bits per heavy atom.